The Hall–Kier alpha value is -2.42. The van der Waals surface area contributed by atoms with Gasteiger partial charge in [0.2, 0.25) is 5.91 Å². The number of carbonyl (C=O) groups excluding carboxylic acids is 1. The van der Waals surface area contributed by atoms with Gasteiger partial charge in [0.25, 0.3) is 0 Å². The van der Waals surface area contributed by atoms with Crippen LogP contribution in [-0.4, -0.2) is 23.0 Å². The van der Waals surface area contributed by atoms with Crippen molar-refractivity contribution < 1.29 is 23.5 Å². The van der Waals surface area contributed by atoms with Gasteiger partial charge in [0, 0.05) is 6.42 Å². The summed E-state index contributed by atoms with van der Waals surface area (Å²) in [5.74, 6) is -1.83. The molecule has 1 atom stereocenters. The minimum absolute atomic E-state index is 0.154. The highest BCUT2D eigenvalue weighted by molar-refractivity contribution is 5.85. The molecule has 4 nitrogen and oxygen atoms in total. The van der Waals surface area contributed by atoms with E-state index in [0.29, 0.717) is 0 Å². The molecule has 1 aromatic carbocycles. The molecule has 0 saturated carbocycles. The summed E-state index contributed by atoms with van der Waals surface area (Å²) in [7, 11) is 0. The Morgan fingerprint density at radius 3 is 2.58 bits per heavy atom. The Kier molecular flexibility index (Phi) is 5.01. The van der Waals surface area contributed by atoms with Gasteiger partial charge >= 0.3 is 5.97 Å². The quantitative estimate of drug-likeness (QED) is 0.785. The third-order valence-electron chi connectivity index (χ3n) is 2.30. The summed E-state index contributed by atoms with van der Waals surface area (Å²) in [5, 5.41) is 11.0. The highest BCUT2D eigenvalue weighted by atomic mass is 19.2. The van der Waals surface area contributed by atoms with Crippen LogP contribution in [0.1, 0.15) is 12.0 Å². The number of carboxylic acids is 1. The van der Waals surface area contributed by atoms with Gasteiger partial charge in [-0.3, -0.25) is 4.79 Å². The lowest BCUT2D eigenvalue weighted by Crippen LogP contribution is -2.41. The summed E-state index contributed by atoms with van der Waals surface area (Å²) < 4.78 is 25.6. The van der Waals surface area contributed by atoms with Crippen molar-refractivity contribution in [3.8, 4) is 12.3 Å². The number of halogens is 2. The van der Waals surface area contributed by atoms with E-state index >= 15 is 0 Å². The van der Waals surface area contributed by atoms with Crippen molar-refractivity contribution >= 4 is 11.9 Å². The molecular weight excluding hydrogens is 256 g/mol. The van der Waals surface area contributed by atoms with E-state index in [0.717, 1.165) is 12.1 Å². The Bertz CT molecular complexity index is 537. The maximum Gasteiger partial charge on any atom is 0.327 e. The summed E-state index contributed by atoms with van der Waals surface area (Å²) in [4.78, 5) is 22.3. The highest BCUT2D eigenvalue weighted by Crippen LogP contribution is 2.09. The molecule has 0 fully saturated rings. The molecule has 1 amide bonds. The molecule has 0 aromatic heterocycles. The zero-order valence-electron chi connectivity index (χ0n) is 9.82. The number of carbonyl (C=O) groups is 2. The number of hydrogen-bond donors (Lipinski definition) is 2. The average molecular weight is 267 g/mol. The summed E-state index contributed by atoms with van der Waals surface area (Å²) in [6.45, 7) is 0. The fourth-order valence-electron chi connectivity index (χ4n) is 1.40. The maximum absolute atomic E-state index is 12.9. The number of terminal acetylenes is 1. The van der Waals surface area contributed by atoms with E-state index in [2.05, 4.69) is 11.2 Å². The second-order valence-corrected chi connectivity index (χ2v) is 3.79. The normalized spacial score (nSPS) is 11.4. The van der Waals surface area contributed by atoms with Gasteiger partial charge < -0.3 is 10.4 Å². The van der Waals surface area contributed by atoms with Crippen LogP contribution in [0.5, 0.6) is 0 Å². The monoisotopic (exact) mass is 267 g/mol. The van der Waals surface area contributed by atoms with Crippen molar-refractivity contribution in [3.63, 3.8) is 0 Å². The molecular formula is C13H11F2NO3. The van der Waals surface area contributed by atoms with Crippen LogP contribution in [0.2, 0.25) is 0 Å². The molecule has 19 heavy (non-hydrogen) atoms. The third kappa shape index (κ3) is 4.39. The number of aliphatic carboxylic acids is 1. The third-order valence-corrected chi connectivity index (χ3v) is 2.30. The summed E-state index contributed by atoms with van der Waals surface area (Å²) in [5.41, 5.74) is 0.237. The molecule has 0 aliphatic rings. The zero-order chi connectivity index (χ0) is 14.4. The first-order chi connectivity index (χ1) is 8.93. The summed E-state index contributed by atoms with van der Waals surface area (Å²) in [6, 6.07) is 1.83. The lowest BCUT2D eigenvalue weighted by Gasteiger charge is -2.11. The predicted octanol–water partition coefficient (Wildman–Crippen LogP) is 1.10. The Labute approximate surface area is 108 Å². The highest BCUT2D eigenvalue weighted by Gasteiger charge is 2.18. The molecule has 0 saturated heterocycles. The molecule has 0 aliphatic carbocycles. The van der Waals surface area contributed by atoms with Crippen molar-refractivity contribution in [2.75, 3.05) is 0 Å². The van der Waals surface area contributed by atoms with Gasteiger partial charge in [0.15, 0.2) is 11.6 Å². The van der Waals surface area contributed by atoms with Crippen LogP contribution < -0.4 is 5.32 Å². The van der Waals surface area contributed by atoms with Crippen LogP contribution in [0.25, 0.3) is 0 Å². The van der Waals surface area contributed by atoms with E-state index in [4.69, 9.17) is 11.5 Å². The standard InChI is InChI=1S/C13H11F2NO3/c1-2-3-11(13(18)19)16-12(17)7-8-4-5-9(14)10(15)6-8/h1,4-6,11H,3,7H2,(H,16,17)(H,18,19)/t11-/m1/s1. The molecule has 0 spiro atoms. The van der Waals surface area contributed by atoms with E-state index in [9.17, 15) is 18.4 Å². The molecule has 2 N–H and O–H groups in total. The van der Waals surface area contributed by atoms with Crippen molar-refractivity contribution in [2.45, 2.75) is 18.9 Å². The molecule has 0 heterocycles. The maximum atomic E-state index is 12.9. The molecule has 0 unspecified atom stereocenters. The van der Waals surface area contributed by atoms with Crippen LogP contribution >= 0.6 is 0 Å². The van der Waals surface area contributed by atoms with E-state index < -0.39 is 29.6 Å². The SMILES string of the molecule is C#CC[C@@H](NC(=O)Cc1ccc(F)c(F)c1)C(=O)O. The second-order valence-electron chi connectivity index (χ2n) is 3.79. The zero-order valence-corrected chi connectivity index (χ0v) is 9.82. The van der Waals surface area contributed by atoms with Crippen LogP contribution in [-0.2, 0) is 16.0 Å². The number of hydrogen-bond acceptors (Lipinski definition) is 2. The first kappa shape index (κ1) is 14.6. The Balaban J connectivity index is 2.66. The van der Waals surface area contributed by atoms with Crippen molar-refractivity contribution in [2.24, 2.45) is 0 Å². The van der Waals surface area contributed by atoms with Gasteiger partial charge in [-0.2, -0.15) is 0 Å². The summed E-state index contributed by atoms with van der Waals surface area (Å²) in [6.07, 6.45) is 4.56. The Morgan fingerprint density at radius 1 is 1.37 bits per heavy atom. The first-order valence-corrected chi connectivity index (χ1v) is 5.33. The Morgan fingerprint density at radius 2 is 2.05 bits per heavy atom. The lowest BCUT2D eigenvalue weighted by molar-refractivity contribution is -0.141. The van der Waals surface area contributed by atoms with E-state index in [-0.39, 0.29) is 18.4 Å². The van der Waals surface area contributed by atoms with Gasteiger partial charge in [0.05, 0.1) is 6.42 Å². The van der Waals surface area contributed by atoms with Crippen LogP contribution in [0.15, 0.2) is 18.2 Å². The van der Waals surface area contributed by atoms with Crippen molar-refractivity contribution in [1.82, 2.24) is 5.32 Å². The molecule has 1 rings (SSSR count). The van der Waals surface area contributed by atoms with Crippen molar-refractivity contribution in [3.05, 3.63) is 35.4 Å². The van der Waals surface area contributed by atoms with Crippen molar-refractivity contribution in [1.29, 1.82) is 0 Å². The fourth-order valence-corrected chi connectivity index (χ4v) is 1.40. The minimum atomic E-state index is -1.25. The number of carboxylic acid groups (broad SMARTS) is 1. The van der Waals surface area contributed by atoms with Crippen LogP contribution in [0.4, 0.5) is 8.78 Å². The molecule has 100 valence electrons. The topological polar surface area (TPSA) is 66.4 Å². The number of rotatable bonds is 5. The van der Waals surface area contributed by atoms with E-state index in [1.165, 1.54) is 6.07 Å². The molecule has 1 aromatic rings. The predicted molar refractivity (Wildman–Crippen MR) is 63.1 cm³/mol. The molecule has 0 aliphatic heterocycles. The minimum Gasteiger partial charge on any atom is -0.480 e. The first-order valence-electron chi connectivity index (χ1n) is 5.33. The smallest absolute Gasteiger partial charge is 0.327 e. The van der Waals surface area contributed by atoms with Gasteiger partial charge in [-0.15, -0.1) is 12.3 Å². The average Bonchev–Trinajstić information content (AvgIpc) is 2.33. The second kappa shape index (κ2) is 6.50. The number of nitrogens with one attached hydrogen (secondary N) is 1. The molecule has 0 bridgehead atoms. The largest absolute Gasteiger partial charge is 0.480 e. The van der Waals surface area contributed by atoms with Gasteiger partial charge in [-0.05, 0) is 17.7 Å². The molecule has 0 radical (unpaired) electrons. The van der Waals surface area contributed by atoms with Gasteiger partial charge in [-0.1, -0.05) is 6.07 Å². The van der Waals surface area contributed by atoms with Crippen LogP contribution in [0, 0.1) is 24.0 Å². The van der Waals surface area contributed by atoms with E-state index in [1.54, 1.807) is 0 Å². The lowest BCUT2D eigenvalue weighted by atomic mass is 10.1. The number of benzene rings is 1. The van der Waals surface area contributed by atoms with Gasteiger partial charge in [-0.25, -0.2) is 13.6 Å². The number of amides is 1. The van der Waals surface area contributed by atoms with Gasteiger partial charge in [0.1, 0.15) is 6.04 Å². The van der Waals surface area contributed by atoms with E-state index in [1.807, 2.05) is 0 Å². The fraction of sp³-hybridized carbons (Fsp3) is 0.231. The molecule has 6 heteroatoms. The van der Waals surface area contributed by atoms with Crippen LogP contribution in [0.3, 0.4) is 0 Å². The summed E-state index contributed by atoms with van der Waals surface area (Å²) >= 11 is 0.